The van der Waals surface area contributed by atoms with Crippen LogP contribution in [0, 0.1) is 6.92 Å². The van der Waals surface area contributed by atoms with Gasteiger partial charge in [-0.25, -0.2) is 4.79 Å². The van der Waals surface area contributed by atoms with Crippen LogP contribution in [0.2, 0.25) is 0 Å². The molecule has 0 saturated heterocycles. The van der Waals surface area contributed by atoms with Crippen LogP contribution >= 0.6 is 27.3 Å². The molecule has 0 fully saturated rings. The molecule has 0 aliphatic carbocycles. The first-order valence-corrected chi connectivity index (χ1v) is 9.46. The standard InChI is InChI=1S/C20H16BrNO3S/c1-12-10-14(8-9-15(12)21)19(23)22(2)16-11-17(26-18(16)20(24)25)13-6-4-3-5-7-13/h3-11H,1-2H3,(H,24,25). The molecule has 0 unspecified atom stereocenters. The summed E-state index contributed by atoms with van der Waals surface area (Å²) in [6, 6.07) is 16.6. The van der Waals surface area contributed by atoms with Crippen LogP contribution in [0.5, 0.6) is 0 Å². The first kappa shape index (κ1) is 18.4. The lowest BCUT2D eigenvalue weighted by Crippen LogP contribution is -2.27. The lowest BCUT2D eigenvalue weighted by atomic mass is 10.1. The summed E-state index contributed by atoms with van der Waals surface area (Å²) < 4.78 is 0.921. The molecular weight excluding hydrogens is 414 g/mol. The first-order valence-electron chi connectivity index (χ1n) is 7.85. The van der Waals surface area contributed by atoms with Crippen LogP contribution in [0.15, 0.2) is 59.1 Å². The van der Waals surface area contributed by atoms with Crippen molar-refractivity contribution in [3.8, 4) is 10.4 Å². The van der Waals surface area contributed by atoms with E-state index < -0.39 is 5.97 Å². The second-order valence-electron chi connectivity index (χ2n) is 5.82. The highest BCUT2D eigenvalue weighted by atomic mass is 79.9. The number of carboxylic acid groups (broad SMARTS) is 1. The number of benzene rings is 2. The van der Waals surface area contributed by atoms with E-state index in [9.17, 15) is 14.7 Å². The van der Waals surface area contributed by atoms with E-state index in [0.717, 1.165) is 20.5 Å². The molecular formula is C20H16BrNO3S. The van der Waals surface area contributed by atoms with E-state index in [1.54, 1.807) is 25.2 Å². The zero-order chi connectivity index (χ0) is 18.8. The number of hydrogen-bond acceptors (Lipinski definition) is 3. The lowest BCUT2D eigenvalue weighted by Gasteiger charge is -2.17. The maximum Gasteiger partial charge on any atom is 0.348 e. The molecule has 0 spiro atoms. The summed E-state index contributed by atoms with van der Waals surface area (Å²) in [5.41, 5.74) is 2.77. The third-order valence-electron chi connectivity index (χ3n) is 4.04. The average molecular weight is 430 g/mol. The van der Waals surface area contributed by atoms with Crippen LogP contribution < -0.4 is 4.90 Å². The van der Waals surface area contributed by atoms with Gasteiger partial charge in [-0.3, -0.25) is 4.79 Å². The summed E-state index contributed by atoms with van der Waals surface area (Å²) in [5.74, 6) is -1.29. The summed E-state index contributed by atoms with van der Waals surface area (Å²) >= 11 is 4.59. The average Bonchev–Trinajstić information content (AvgIpc) is 3.09. The fourth-order valence-corrected chi connectivity index (χ4v) is 3.89. The number of carboxylic acids is 1. The molecule has 4 nitrogen and oxygen atoms in total. The van der Waals surface area contributed by atoms with E-state index >= 15 is 0 Å². The molecule has 1 aromatic heterocycles. The van der Waals surface area contributed by atoms with Crippen LogP contribution in [0.1, 0.15) is 25.6 Å². The molecule has 0 atom stereocenters. The van der Waals surface area contributed by atoms with Gasteiger partial charge in [0.15, 0.2) is 0 Å². The van der Waals surface area contributed by atoms with Crippen molar-refractivity contribution in [3.63, 3.8) is 0 Å². The molecule has 0 aliphatic rings. The molecule has 0 aliphatic heterocycles. The number of anilines is 1. The minimum atomic E-state index is -1.04. The van der Waals surface area contributed by atoms with Crippen LogP contribution in [0.3, 0.4) is 0 Å². The Balaban J connectivity index is 2.01. The number of thiophene rings is 1. The zero-order valence-corrected chi connectivity index (χ0v) is 16.6. The Labute approximate surface area is 163 Å². The topological polar surface area (TPSA) is 57.6 Å². The molecule has 26 heavy (non-hydrogen) atoms. The van der Waals surface area contributed by atoms with Crippen molar-refractivity contribution in [1.29, 1.82) is 0 Å². The van der Waals surface area contributed by atoms with Gasteiger partial charge in [-0.15, -0.1) is 11.3 Å². The first-order chi connectivity index (χ1) is 12.4. The van der Waals surface area contributed by atoms with Gasteiger partial charge in [-0.2, -0.15) is 0 Å². The van der Waals surface area contributed by atoms with Gasteiger partial charge in [0, 0.05) is 22.0 Å². The summed E-state index contributed by atoms with van der Waals surface area (Å²) in [7, 11) is 1.60. The highest BCUT2D eigenvalue weighted by Crippen LogP contribution is 2.37. The normalized spacial score (nSPS) is 10.6. The monoisotopic (exact) mass is 429 g/mol. The van der Waals surface area contributed by atoms with E-state index in [2.05, 4.69) is 15.9 Å². The van der Waals surface area contributed by atoms with Crippen molar-refractivity contribution in [3.05, 3.63) is 75.1 Å². The molecule has 2 aromatic carbocycles. The fraction of sp³-hybridized carbons (Fsp3) is 0.100. The fourth-order valence-electron chi connectivity index (χ4n) is 2.61. The summed E-state index contributed by atoms with van der Waals surface area (Å²) in [6.07, 6.45) is 0. The van der Waals surface area contributed by atoms with Gasteiger partial charge in [-0.1, -0.05) is 46.3 Å². The van der Waals surface area contributed by atoms with Crippen LogP contribution in [-0.2, 0) is 0 Å². The Morgan fingerprint density at radius 2 is 1.77 bits per heavy atom. The Morgan fingerprint density at radius 1 is 1.08 bits per heavy atom. The summed E-state index contributed by atoms with van der Waals surface area (Å²) in [4.78, 5) is 26.9. The summed E-state index contributed by atoms with van der Waals surface area (Å²) in [5, 5.41) is 9.57. The third kappa shape index (κ3) is 3.57. The van der Waals surface area contributed by atoms with Gasteiger partial charge in [0.1, 0.15) is 4.88 Å². The summed E-state index contributed by atoms with van der Waals surface area (Å²) in [6.45, 7) is 1.90. The lowest BCUT2D eigenvalue weighted by molar-refractivity contribution is 0.0703. The molecule has 3 rings (SSSR count). The van der Waals surface area contributed by atoms with Crippen molar-refractivity contribution >= 4 is 44.8 Å². The minimum absolute atomic E-state index is 0.147. The largest absolute Gasteiger partial charge is 0.477 e. The molecule has 0 saturated carbocycles. The number of aryl methyl sites for hydroxylation is 1. The molecule has 6 heteroatoms. The smallest absolute Gasteiger partial charge is 0.348 e. The van der Waals surface area contributed by atoms with E-state index in [0.29, 0.717) is 11.3 Å². The van der Waals surface area contributed by atoms with Crippen molar-refractivity contribution in [2.45, 2.75) is 6.92 Å². The number of halogens is 1. The molecule has 0 bridgehead atoms. The molecule has 1 N–H and O–H groups in total. The second-order valence-corrected chi connectivity index (χ2v) is 7.73. The van der Waals surface area contributed by atoms with Crippen LogP contribution in [-0.4, -0.2) is 24.0 Å². The van der Waals surface area contributed by atoms with Gasteiger partial charge in [0.05, 0.1) is 5.69 Å². The number of carbonyl (C=O) groups excluding carboxylic acids is 1. The van der Waals surface area contributed by atoms with Crippen LogP contribution in [0.25, 0.3) is 10.4 Å². The Bertz CT molecular complexity index is 982. The number of hydrogen-bond donors (Lipinski definition) is 1. The van der Waals surface area contributed by atoms with Crippen LogP contribution in [0.4, 0.5) is 5.69 Å². The van der Waals surface area contributed by atoms with E-state index in [1.165, 1.54) is 16.2 Å². The Morgan fingerprint density at radius 3 is 2.38 bits per heavy atom. The predicted octanol–water partition coefficient (Wildman–Crippen LogP) is 5.46. The number of carbonyl (C=O) groups is 2. The predicted molar refractivity (Wildman–Crippen MR) is 108 cm³/mol. The molecule has 1 amide bonds. The maximum atomic E-state index is 12.9. The zero-order valence-electron chi connectivity index (χ0n) is 14.2. The minimum Gasteiger partial charge on any atom is -0.477 e. The second kappa shape index (κ2) is 7.43. The maximum absolute atomic E-state index is 12.9. The van der Waals surface area contributed by atoms with Crippen molar-refractivity contribution < 1.29 is 14.7 Å². The van der Waals surface area contributed by atoms with Gasteiger partial charge in [0.25, 0.3) is 5.91 Å². The van der Waals surface area contributed by atoms with E-state index in [-0.39, 0.29) is 10.8 Å². The molecule has 3 aromatic rings. The third-order valence-corrected chi connectivity index (χ3v) is 6.09. The molecule has 1 heterocycles. The van der Waals surface area contributed by atoms with Gasteiger partial charge in [-0.05, 0) is 42.3 Å². The van der Waals surface area contributed by atoms with E-state index in [1.807, 2.05) is 43.3 Å². The van der Waals surface area contributed by atoms with Gasteiger partial charge < -0.3 is 10.0 Å². The Hall–Kier alpha value is -2.44. The molecule has 132 valence electrons. The number of nitrogens with zero attached hydrogens (tertiary/aromatic N) is 1. The van der Waals surface area contributed by atoms with E-state index in [4.69, 9.17) is 0 Å². The van der Waals surface area contributed by atoms with Crippen molar-refractivity contribution in [2.75, 3.05) is 11.9 Å². The number of aromatic carboxylic acids is 1. The Kier molecular flexibility index (Phi) is 5.25. The van der Waals surface area contributed by atoms with Crippen molar-refractivity contribution in [2.24, 2.45) is 0 Å². The number of amides is 1. The quantitative estimate of drug-likeness (QED) is 0.598. The SMILES string of the molecule is Cc1cc(C(=O)N(C)c2cc(-c3ccccc3)sc2C(=O)O)ccc1Br. The highest BCUT2D eigenvalue weighted by molar-refractivity contribution is 9.10. The van der Waals surface area contributed by atoms with Gasteiger partial charge in [0.2, 0.25) is 0 Å². The number of rotatable bonds is 4. The van der Waals surface area contributed by atoms with Crippen molar-refractivity contribution in [1.82, 2.24) is 0 Å². The van der Waals surface area contributed by atoms with Gasteiger partial charge >= 0.3 is 5.97 Å². The molecule has 0 radical (unpaired) electrons. The highest BCUT2D eigenvalue weighted by Gasteiger charge is 2.23.